The van der Waals surface area contributed by atoms with Crippen LogP contribution in [0.3, 0.4) is 0 Å². The molecular weight excluding hydrogens is 915 g/mol. The van der Waals surface area contributed by atoms with Gasteiger partial charge in [-0.05, 0) is 73.1 Å². The zero-order valence-electron chi connectivity index (χ0n) is 41.0. The Hall–Kier alpha value is -6.43. The molecule has 1 aromatic heterocycles. The zero-order chi connectivity index (χ0) is 51.5. The third-order valence-corrected chi connectivity index (χ3v) is 12.8. The van der Waals surface area contributed by atoms with E-state index in [2.05, 4.69) is 40.8 Å². The van der Waals surface area contributed by atoms with Crippen LogP contribution in [0.5, 0.6) is 11.5 Å². The second-order valence-corrected chi connectivity index (χ2v) is 20.0. The lowest BCUT2D eigenvalue weighted by Crippen LogP contribution is -2.46. The first-order valence-electron chi connectivity index (χ1n) is 23.3. The fraction of sp³-hybridized carbons (Fsp3) is 0.451. The molecule has 0 saturated carbocycles. The van der Waals surface area contributed by atoms with Crippen molar-refractivity contribution < 1.29 is 41.9 Å². The second kappa shape index (κ2) is 23.9. The number of hydrogen-bond donors (Lipinski definition) is 5. The average Bonchev–Trinajstić information content (AvgIpc) is 3.30. The molecular formula is C51H65N9O9S. The van der Waals surface area contributed by atoms with Gasteiger partial charge in [-0.2, -0.15) is 13.7 Å². The first kappa shape index (κ1) is 54.5. The minimum atomic E-state index is -4.21. The maximum atomic E-state index is 15.0. The van der Waals surface area contributed by atoms with Crippen LogP contribution in [0.1, 0.15) is 104 Å². The number of rotatable bonds is 19. The van der Waals surface area contributed by atoms with Crippen LogP contribution in [0.25, 0.3) is 22.5 Å². The van der Waals surface area contributed by atoms with Crippen LogP contribution in [-0.2, 0) is 41.2 Å². The Morgan fingerprint density at radius 1 is 0.929 bits per heavy atom. The van der Waals surface area contributed by atoms with Gasteiger partial charge < -0.3 is 31.2 Å². The number of nitrogens with one attached hydrogen (secondary N) is 2. The quantitative estimate of drug-likeness (QED) is 0.0810. The molecule has 2 heterocycles. The number of benzene rings is 3. The van der Waals surface area contributed by atoms with Gasteiger partial charge in [0, 0.05) is 80.9 Å². The van der Waals surface area contributed by atoms with E-state index in [0.29, 0.717) is 51.0 Å². The molecule has 0 saturated heterocycles. The van der Waals surface area contributed by atoms with Crippen LogP contribution < -0.4 is 36.1 Å². The predicted octanol–water partition coefficient (Wildman–Crippen LogP) is 4.48. The highest BCUT2D eigenvalue weighted by molar-refractivity contribution is 7.87. The van der Waals surface area contributed by atoms with Crippen molar-refractivity contribution in [3.05, 3.63) is 94.3 Å². The van der Waals surface area contributed by atoms with Crippen LogP contribution >= 0.6 is 0 Å². The van der Waals surface area contributed by atoms with Crippen molar-refractivity contribution in [1.29, 1.82) is 5.26 Å². The lowest BCUT2D eigenvalue weighted by atomic mass is 9.86. The van der Waals surface area contributed by atoms with Crippen LogP contribution in [0, 0.1) is 37.0 Å². The van der Waals surface area contributed by atoms with Crippen molar-refractivity contribution in [1.82, 2.24) is 24.9 Å². The molecule has 0 fully saturated rings. The lowest BCUT2D eigenvalue weighted by molar-refractivity contribution is -0.142. The summed E-state index contributed by atoms with van der Waals surface area (Å²) >= 11 is 0. The summed E-state index contributed by atoms with van der Waals surface area (Å²) in [6, 6.07) is 17.6. The van der Waals surface area contributed by atoms with E-state index in [9.17, 15) is 32.9 Å². The van der Waals surface area contributed by atoms with Crippen LogP contribution in [-0.4, -0.2) is 98.4 Å². The van der Waals surface area contributed by atoms with Gasteiger partial charge in [-0.15, -0.1) is 0 Å². The van der Waals surface area contributed by atoms with Gasteiger partial charge in [0.1, 0.15) is 30.8 Å². The number of hydrogen-bond acceptors (Lipinski definition) is 14. The Morgan fingerprint density at radius 3 is 2.10 bits per heavy atom. The minimum Gasteiger partial charge on any atom is -0.492 e. The molecule has 18 nitrogen and oxygen atoms in total. The maximum absolute atomic E-state index is 15.0. The fourth-order valence-corrected chi connectivity index (χ4v) is 8.91. The number of aryl methyl sites for hydroxylation is 2. The number of aromatic nitrogens is 2. The molecule has 0 spiro atoms. The van der Waals surface area contributed by atoms with Crippen molar-refractivity contribution in [2.45, 2.75) is 97.6 Å². The Kier molecular flexibility index (Phi) is 18.6. The van der Waals surface area contributed by atoms with E-state index in [1.807, 2.05) is 30.3 Å². The molecule has 374 valence electrons. The molecule has 5 rings (SSSR count). The summed E-state index contributed by atoms with van der Waals surface area (Å²) in [5, 5.41) is 17.3. The van der Waals surface area contributed by atoms with Crippen molar-refractivity contribution >= 4 is 39.4 Å². The molecule has 4 bridgehead atoms. The molecule has 8 N–H and O–H groups in total. The second-order valence-electron chi connectivity index (χ2n) is 18.6. The first-order valence-corrected chi connectivity index (χ1v) is 24.8. The van der Waals surface area contributed by atoms with E-state index < -0.39 is 63.9 Å². The third kappa shape index (κ3) is 14.1. The number of nitrogens with two attached hydrogens (primary N) is 3. The SMILES string of the molecule is Cc1nc(-c2ccc(C(C)(C)C)cc2)nc(C)c1C(=O)C[C@@H](CCNS(N)(=O)=O)C(=O)N(C)[C@@H]1C(=O)C[C@@H](C)C(=O)N[C@H](C(=O)CCC#N)Cc2ccc(OCCN)c(c2)-c2cc1ccc2OCCN. The molecule has 2 amide bonds. The third-order valence-electron chi connectivity index (χ3n) is 12.2. The maximum Gasteiger partial charge on any atom is 0.274 e. The number of Topliss-reactive ketones (excluding diaryl/α,β-unsaturated/α-hetero) is 3. The largest absolute Gasteiger partial charge is 0.492 e. The monoisotopic (exact) mass is 979 g/mol. The highest BCUT2D eigenvalue weighted by atomic mass is 32.2. The van der Waals surface area contributed by atoms with Gasteiger partial charge in [0.15, 0.2) is 23.2 Å². The first-order chi connectivity index (χ1) is 33.1. The van der Waals surface area contributed by atoms with E-state index >= 15 is 4.79 Å². The fourth-order valence-electron chi connectivity index (χ4n) is 8.51. The average molecular weight is 980 g/mol. The van der Waals surface area contributed by atoms with Crippen molar-refractivity contribution in [3.63, 3.8) is 0 Å². The molecule has 70 heavy (non-hydrogen) atoms. The predicted molar refractivity (Wildman–Crippen MR) is 265 cm³/mol. The number of fused-ring (bicyclic) bond motifs is 5. The molecule has 0 aliphatic carbocycles. The Balaban J connectivity index is 1.61. The van der Waals surface area contributed by atoms with Crippen molar-refractivity contribution in [2.24, 2.45) is 28.4 Å². The molecule has 4 atom stereocenters. The Morgan fingerprint density at radius 2 is 1.53 bits per heavy atom. The van der Waals surface area contributed by atoms with Gasteiger partial charge in [0.2, 0.25) is 11.8 Å². The van der Waals surface area contributed by atoms with Crippen LogP contribution in [0.2, 0.25) is 0 Å². The summed E-state index contributed by atoms with van der Waals surface area (Å²) in [5.74, 6) is -3.75. The number of likely N-dealkylation sites (N-methyl/N-ethyl adjacent to an activating group) is 1. The molecule has 3 aromatic carbocycles. The number of ether oxygens (including phenoxy) is 2. The number of nitriles is 1. The summed E-state index contributed by atoms with van der Waals surface area (Å²) < 4.78 is 38.5. The molecule has 1 aliphatic heterocycles. The van der Waals surface area contributed by atoms with E-state index in [4.69, 9.17) is 26.1 Å². The van der Waals surface area contributed by atoms with Gasteiger partial charge >= 0.3 is 0 Å². The van der Waals surface area contributed by atoms with Gasteiger partial charge in [-0.25, -0.2) is 19.8 Å². The summed E-state index contributed by atoms with van der Waals surface area (Å²) in [6.07, 6.45) is -1.14. The summed E-state index contributed by atoms with van der Waals surface area (Å²) in [7, 11) is -2.80. The highest BCUT2D eigenvalue weighted by Crippen LogP contribution is 2.41. The summed E-state index contributed by atoms with van der Waals surface area (Å²) in [6.45, 7) is 11.5. The number of amides is 2. The van der Waals surface area contributed by atoms with E-state index in [-0.39, 0.29) is 81.7 Å². The summed E-state index contributed by atoms with van der Waals surface area (Å²) in [5.41, 5.74) is 16.3. The van der Waals surface area contributed by atoms with Gasteiger partial charge in [0.05, 0.1) is 29.1 Å². The number of carbonyl (C=O) groups is 5. The molecule has 19 heteroatoms. The van der Waals surface area contributed by atoms with Gasteiger partial charge in [-0.1, -0.05) is 64.1 Å². The number of nitrogens with zero attached hydrogens (tertiary/aromatic N) is 4. The molecule has 0 radical (unpaired) electrons. The minimum absolute atomic E-state index is 0.0561. The number of ketones is 3. The van der Waals surface area contributed by atoms with Crippen LogP contribution in [0.4, 0.5) is 0 Å². The van der Waals surface area contributed by atoms with E-state index in [1.165, 1.54) is 18.9 Å². The van der Waals surface area contributed by atoms with Crippen LogP contribution in [0.15, 0.2) is 60.7 Å². The van der Waals surface area contributed by atoms with E-state index in [0.717, 1.165) is 11.1 Å². The van der Waals surface area contributed by atoms with Crippen molar-refractivity contribution in [3.8, 4) is 40.1 Å². The summed E-state index contributed by atoms with van der Waals surface area (Å²) in [4.78, 5) is 82.3. The normalized spacial score (nSPS) is 16.8. The Bertz CT molecular complexity index is 2710. The molecule has 1 aliphatic rings. The molecule has 4 aromatic rings. The van der Waals surface area contributed by atoms with E-state index in [1.54, 1.807) is 50.2 Å². The Labute approximate surface area is 410 Å². The smallest absolute Gasteiger partial charge is 0.274 e. The standard InChI is InChI=1S/C51H65N9O9S/c1-30-25-43(63)47(35-13-17-45(69-24-21-54)39(28-35)38-26-33(10-16-44(38)68-23-20-53)27-40(59-49(30)64)41(61)9-8-19-52)60(7)50(65)36(18-22-56-70(55,66)67)29-42(62)46-31(2)57-48(58-32(46)3)34-11-14-37(15-12-34)51(4,5)6/h10-17,26,28,30,36,40,47,56H,8-9,18,20-25,27,29,53-54H2,1-7H3,(H,59,64)(H2,55,66,67)/t30-,36-,40+,47+/m1/s1. The zero-order valence-corrected chi connectivity index (χ0v) is 41.8. The molecule has 0 unspecified atom stereocenters. The number of carbonyl (C=O) groups excluding carboxylic acids is 5. The van der Waals surface area contributed by atoms with Gasteiger partial charge in [0.25, 0.3) is 10.2 Å². The van der Waals surface area contributed by atoms with Gasteiger partial charge in [-0.3, -0.25) is 24.0 Å². The topological polar surface area (TPSA) is 293 Å². The van der Waals surface area contributed by atoms with Crippen molar-refractivity contribution in [2.75, 3.05) is 39.9 Å². The highest BCUT2D eigenvalue weighted by Gasteiger charge is 2.37. The lowest BCUT2D eigenvalue weighted by Gasteiger charge is -2.32.